The minimum Gasteiger partial charge on any atom is -0.477 e. The van der Waals surface area contributed by atoms with E-state index in [1.807, 2.05) is 0 Å². The molecule has 43 atom stereocenters. The van der Waals surface area contributed by atoms with Gasteiger partial charge in [-0.2, -0.15) is 0 Å². The highest BCUT2D eigenvalue weighted by molar-refractivity contribution is 5.77. The van der Waals surface area contributed by atoms with Crippen molar-refractivity contribution < 1.29 is 239 Å². The van der Waals surface area contributed by atoms with E-state index in [1.165, 1.54) is 0 Å². The number of hydrogen-bond acceptors (Lipinski definition) is 46. The number of aliphatic hydroxyl groups excluding tert-OH is 28. The third kappa shape index (κ3) is 18.0. The molecular formula is C55H92O48. The zero-order chi connectivity index (χ0) is 76.5. The molecule has 0 aromatic heterocycles. The van der Waals surface area contributed by atoms with Crippen molar-refractivity contribution in [2.75, 3.05) is 52.9 Å². The van der Waals surface area contributed by atoms with E-state index in [9.17, 15) is 168 Å². The van der Waals surface area contributed by atoms with E-state index in [0.717, 1.165) is 0 Å². The molecule has 0 aliphatic carbocycles. The number of hydrogen-bond donors (Lipinski definition) is 31. The summed E-state index contributed by atoms with van der Waals surface area (Å²) in [6, 6.07) is 0. The van der Waals surface area contributed by atoms with Crippen molar-refractivity contribution in [1.82, 2.24) is 0 Å². The van der Waals surface area contributed by atoms with Gasteiger partial charge in [0.15, 0.2) is 37.7 Å². The Kier molecular flexibility index (Phi) is 29.9. The van der Waals surface area contributed by atoms with Crippen molar-refractivity contribution in [1.29, 1.82) is 0 Å². The van der Waals surface area contributed by atoms with Crippen LogP contribution in [0, 0.1) is 0 Å². The van der Waals surface area contributed by atoms with Crippen molar-refractivity contribution in [3.8, 4) is 0 Å². The van der Waals surface area contributed by atoms with Gasteiger partial charge in [-0.15, -0.1) is 0 Å². The summed E-state index contributed by atoms with van der Waals surface area (Å²) in [4.78, 5) is 25.9. The Bertz CT molecular complexity index is 2650. The Labute approximate surface area is 578 Å². The lowest BCUT2D eigenvalue weighted by molar-refractivity contribution is -0.408. The largest absolute Gasteiger partial charge is 0.477 e. The lowest BCUT2D eigenvalue weighted by atomic mass is 9.89. The van der Waals surface area contributed by atoms with Crippen LogP contribution in [0.15, 0.2) is 0 Å². The second kappa shape index (κ2) is 35.9. The minimum atomic E-state index is -3.62. The molecule has 8 rings (SSSR count). The first-order valence-corrected chi connectivity index (χ1v) is 32.0. The fourth-order valence-corrected chi connectivity index (χ4v) is 12.9. The van der Waals surface area contributed by atoms with Crippen LogP contribution in [0.2, 0.25) is 0 Å². The topological polar surface area (TPSA) is 800 Å². The molecule has 8 aliphatic heterocycles. The molecule has 48 heteroatoms. The quantitative estimate of drug-likeness (QED) is 0.0331. The van der Waals surface area contributed by atoms with Crippen LogP contribution >= 0.6 is 0 Å². The van der Waals surface area contributed by atoms with Crippen molar-refractivity contribution in [2.45, 2.75) is 276 Å². The number of carboxylic acid groups (broad SMARTS) is 2. The maximum Gasteiger partial charge on any atom is 0.364 e. The predicted octanol–water partition coefficient (Wildman–Crippen LogP) is -20.7. The molecular weight excluding hydrogens is 1430 g/mol. The van der Waals surface area contributed by atoms with Crippen LogP contribution in [0.1, 0.15) is 12.8 Å². The van der Waals surface area contributed by atoms with E-state index in [0.29, 0.717) is 0 Å². The first-order valence-electron chi connectivity index (χ1n) is 32.0. The van der Waals surface area contributed by atoms with E-state index in [-0.39, 0.29) is 0 Å². The van der Waals surface area contributed by atoms with E-state index in [1.54, 1.807) is 0 Å². The number of aliphatic carboxylic acids is 2. The molecule has 0 aromatic carbocycles. The fourth-order valence-electron chi connectivity index (χ4n) is 12.9. The van der Waals surface area contributed by atoms with Gasteiger partial charge >= 0.3 is 11.9 Å². The maximum absolute atomic E-state index is 13.2. The standard InChI is InChI=1S/C55H92O48/c56-3-12(63)37-28(75)27(74)30(77)47(94-37)89-9-16(67)39-33(80)45(99-49-34(81)43(98-48-31(78)26(73)23(70)19(8-61)92-48)24(71)20(93-49)10-90-46-29(76)25(72)22(69)18(7-60)91-46)36(83)51(96-39)100-44-32(79)38(13(64)4-57)95-50(35(44)82)97-42-17(2-54(88,52(84)85)102-41(42)15(66)6-59)101-55(53(86)87)1-11(62)21(68)40(103-55)14(65)5-58/h11-51,56-83,88H,1-10H2,(H,84,85)(H,86,87)/t11-,12+,13+,14-,15-,16+,17-,18-,19-,20-,21-,22+,23+,24+,25+,26+,27+,28+,29-,30+,31-,32-,33-,34-,35+,36+,37-,38-,39-,40-,41-,42-,43+,44+,45+,46+,47+,48-,49-,50-,51-,54-,55-/m1/s1. The summed E-state index contributed by atoms with van der Waals surface area (Å²) < 4.78 is 84.7. The molecule has 0 radical (unpaired) electrons. The highest BCUT2D eigenvalue weighted by atomic mass is 16.8. The van der Waals surface area contributed by atoms with Gasteiger partial charge < -0.3 is 229 Å². The monoisotopic (exact) mass is 1520 g/mol. The Hall–Kier alpha value is -2.82. The van der Waals surface area contributed by atoms with Crippen LogP contribution in [0.5, 0.6) is 0 Å². The lowest BCUT2D eigenvalue weighted by Crippen LogP contribution is -2.70. The Morgan fingerprint density at radius 2 is 0.738 bits per heavy atom. The Balaban J connectivity index is 1.17. The Morgan fingerprint density at radius 3 is 1.21 bits per heavy atom. The molecule has 600 valence electrons. The van der Waals surface area contributed by atoms with Crippen LogP contribution < -0.4 is 0 Å². The SMILES string of the molecule is O=C(O)[C@@]1(O[C@@H]2C[C@](O)(C(=O)O)O[C@H]([C@H](O)CO)[C@@H]2O[C@H]2O[C@H]([C@@H](O)CO)[C@@H](O)[C@H](O[C@H]3O[C@H]([C@@H](O)CO[C@H]4O[C@H]([C@@H](O)CO)[C@@H](O)[C@H](O)[C@@H]4O)[C@@H](O)[C@H](O[C@H]4O[C@H](CO[C@H]5O[C@H](CO)[C@H](O)[C@H](O)[C@H]5O)[C@H](O)[C@H](O[C@H]5O[C@H](CO)[C@H](O)[C@H](O)[C@H]5O)[C@H]4O)[C@@H]3O)[C@@H]2O)C[C@@H](O)[C@@H](O)[C@@H]([C@H](O)CO)O1. The van der Waals surface area contributed by atoms with Crippen molar-refractivity contribution in [2.24, 2.45) is 0 Å². The summed E-state index contributed by atoms with van der Waals surface area (Å²) in [5.41, 5.74) is 0. The first-order chi connectivity index (χ1) is 48.4. The molecule has 0 bridgehead atoms. The van der Waals surface area contributed by atoms with E-state index in [2.05, 4.69) is 0 Å². The smallest absolute Gasteiger partial charge is 0.364 e. The molecule has 8 fully saturated rings. The molecule has 8 aliphatic rings. The molecule has 48 nitrogen and oxygen atoms in total. The molecule has 31 N–H and O–H groups in total. The number of carbonyl (C=O) groups is 2. The normalized spacial score (nSPS) is 49.4. The molecule has 0 spiro atoms. The van der Waals surface area contributed by atoms with Gasteiger partial charge in [0.2, 0.25) is 0 Å². The molecule has 8 heterocycles. The third-order valence-corrected chi connectivity index (χ3v) is 18.8. The molecule has 0 amide bonds. The van der Waals surface area contributed by atoms with Crippen LogP contribution in [0.25, 0.3) is 0 Å². The van der Waals surface area contributed by atoms with Gasteiger partial charge in [-0.3, -0.25) is 0 Å². The number of rotatable bonds is 29. The van der Waals surface area contributed by atoms with Gasteiger partial charge in [0.05, 0.1) is 65.1 Å². The molecule has 103 heavy (non-hydrogen) atoms. The molecule has 0 aromatic rings. The van der Waals surface area contributed by atoms with Gasteiger partial charge in [0.1, 0.15) is 201 Å². The first kappa shape index (κ1) is 85.8. The minimum absolute atomic E-state index is 0.989. The van der Waals surface area contributed by atoms with Gasteiger partial charge in [0, 0.05) is 12.8 Å². The van der Waals surface area contributed by atoms with Gasteiger partial charge in [0.25, 0.3) is 11.6 Å². The molecule has 0 saturated carbocycles. The maximum atomic E-state index is 13.2. The zero-order valence-corrected chi connectivity index (χ0v) is 53.5. The van der Waals surface area contributed by atoms with Gasteiger partial charge in [-0.1, -0.05) is 0 Å². The summed E-state index contributed by atoms with van der Waals surface area (Å²) >= 11 is 0. The average Bonchev–Trinajstić information content (AvgIpc) is 0.749. The molecule has 0 unspecified atom stereocenters. The summed E-state index contributed by atoms with van der Waals surface area (Å²) in [6.45, 7) is -9.75. The predicted molar refractivity (Wildman–Crippen MR) is 305 cm³/mol. The van der Waals surface area contributed by atoms with Crippen molar-refractivity contribution in [3.05, 3.63) is 0 Å². The van der Waals surface area contributed by atoms with Gasteiger partial charge in [-0.05, 0) is 0 Å². The zero-order valence-electron chi connectivity index (χ0n) is 53.5. The highest BCUT2D eigenvalue weighted by Gasteiger charge is 2.64. The second-order valence-electron chi connectivity index (χ2n) is 25.8. The lowest BCUT2D eigenvalue weighted by Gasteiger charge is -2.52. The number of carboxylic acids is 2. The number of ether oxygens (including phenoxy) is 15. The van der Waals surface area contributed by atoms with Crippen LogP contribution in [0.3, 0.4) is 0 Å². The van der Waals surface area contributed by atoms with Crippen LogP contribution in [-0.4, -0.2) is 486 Å². The fraction of sp³-hybridized carbons (Fsp3) is 0.964. The summed E-state index contributed by atoms with van der Waals surface area (Å²) in [7, 11) is 0. The highest BCUT2D eigenvalue weighted by Crippen LogP contribution is 2.43. The van der Waals surface area contributed by atoms with Crippen molar-refractivity contribution in [3.63, 3.8) is 0 Å². The van der Waals surface area contributed by atoms with Crippen LogP contribution in [0.4, 0.5) is 0 Å². The summed E-state index contributed by atoms with van der Waals surface area (Å²) in [6.07, 6.45) is -98.2. The van der Waals surface area contributed by atoms with E-state index in [4.69, 9.17) is 71.1 Å². The third-order valence-electron chi connectivity index (χ3n) is 18.8. The summed E-state index contributed by atoms with van der Waals surface area (Å²) in [5.74, 6) is -11.6. The molecule has 8 saturated heterocycles. The van der Waals surface area contributed by atoms with Gasteiger partial charge in [-0.25, -0.2) is 9.59 Å². The summed E-state index contributed by atoms with van der Waals surface area (Å²) in [5, 5.41) is 337. The Morgan fingerprint density at radius 1 is 0.359 bits per heavy atom. The van der Waals surface area contributed by atoms with E-state index >= 15 is 0 Å². The number of aliphatic hydroxyl groups is 29. The van der Waals surface area contributed by atoms with Crippen LogP contribution in [-0.2, 0) is 80.6 Å². The van der Waals surface area contributed by atoms with E-state index < -0.39 is 341 Å². The average molecular weight is 1520 g/mol. The van der Waals surface area contributed by atoms with Crippen molar-refractivity contribution >= 4 is 11.9 Å². The second-order valence-corrected chi connectivity index (χ2v) is 25.8.